The van der Waals surface area contributed by atoms with Crippen molar-refractivity contribution in [2.75, 3.05) is 18.4 Å². The van der Waals surface area contributed by atoms with Gasteiger partial charge < -0.3 is 25.4 Å². The largest absolute Gasteiger partial charge is 0.508 e. The summed E-state index contributed by atoms with van der Waals surface area (Å²) in [6.45, 7) is 14.1. The van der Waals surface area contributed by atoms with E-state index in [2.05, 4.69) is 17.2 Å². The van der Waals surface area contributed by atoms with Crippen molar-refractivity contribution in [1.82, 2.24) is 10.2 Å². The average Bonchev–Trinajstić information content (AvgIpc) is 2.75. The Morgan fingerprint density at radius 3 is 2.26 bits per heavy atom. The quantitative estimate of drug-likeness (QED) is 0.480. The molecule has 2 aromatic rings. The molecule has 0 heterocycles. The van der Waals surface area contributed by atoms with E-state index in [1.165, 1.54) is 17.0 Å². The molecule has 0 saturated carbocycles. The van der Waals surface area contributed by atoms with E-state index in [1.807, 2.05) is 32.0 Å². The van der Waals surface area contributed by atoms with E-state index in [-0.39, 0.29) is 18.8 Å². The maximum absolute atomic E-state index is 13.6. The normalized spacial score (nSPS) is 11.8. The Kier molecular flexibility index (Phi) is 9.05. The number of nitrogens with one attached hydrogen (secondary N) is 2. The molecule has 8 nitrogen and oxygen atoms in total. The number of carbonyl (C=O) groups is 3. The summed E-state index contributed by atoms with van der Waals surface area (Å²) in [7, 11) is 0. The zero-order chi connectivity index (χ0) is 26.3. The van der Waals surface area contributed by atoms with Crippen LogP contribution in [-0.4, -0.2) is 46.6 Å². The highest BCUT2D eigenvalue weighted by atomic mass is 16.6. The summed E-state index contributed by atoms with van der Waals surface area (Å²) in [6.07, 6.45) is 0.777. The van der Waals surface area contributed by atoms with E-state index in [9.17, 15) is 19.5 Å². The van der Waals surface area contributed by atoms with Gasteiger partial charge in [0.1, 0.15) is 23.9 Å². The number of para-hydroxylation sites is 1. The fourth-order valence-electron chi connectivity index (χ4n) is 3.58. The molecule has 1 unspecified atom stereocenters. The highest BCUT2D eigenvalue weighted by Gasteiger charge is 2.32. The molecule has 3 N–H and O–H groups in total. The molecule has 0 bridgehead atoms. The monoisotopic (exact) mass is 481 g/mol. The number of aryl methyl sites for hydroxylation is 3. The Hall–Kier alpha value is -3.81. The van der Waals surface area contributed by atoms with Crippen LogP contribution in [0.4, 0.5) is 10.5 Å². The van der Waals surface area contributed by atoms with Crippen molar-refractivity contribution < 1.29 is 24.2 Å². The van der Waals surface area contributed by atoms with E-state index in [0.29, 0.717) is 16.8 Å². The maximum atomic E-state index is 13.6. The summed E-state index contributed by atoms with van der Waals surface area (Å²) in [4.78, 5) is 40.3. The molecule has 35 heavy (non-hydrogen) atoms. The number of hydrogen-bond donors (Lipinski definition) is 3. The first-order chi connectivity index (χ1) is 16.3. The van der Waals surface area contributed by atoms with Crippen molar-refractivity contribution in [3.8, 4) is 5.75 Å². The predicted octanol–water partition coefficient (Wildman–Crippen LogP) is 4.54. The fourth-order valence-corrected chi connectivity index (χ4v) is 3.58. The molecule has 188 valence electrons. The second-order valence-corrected chi connectivity index (χ2v) is 9.39. The van der Waals surface area contributed by atoms with Gasteiger partial charge in [-0.25, -0.2) is 4.79 Å². The van der Waals surface area contributed by atoms with Gasteiger partial charge in [-0.15, -0.1) is 6.58 Å². The van der Waals surface area contributed by atoms with Gasteiger partial charge in [-0.1, -0.05) is 30.3 Å². The maximum Gasteiger partial charge on any atom is 0.408 e. The Morgan fingerprint density at radius 2 is 1.71 bits per heavy atom. The number of phenolic OH excluding ortho intramolecular Hbond substituents is 1. The van der Waals surface area contributed by atoms with Crippen LogP contribution in [0.3, 0.4) is 0 Å². The van der Waals surface area contributed by atoms with Gasteiger partial charge in [0.25, 0.3) is 5.91 Å². The van der Waals surface area contributed by atoms with Crippen molar-refractivity contribution in [1.29, 1.82) is 0 Å². The van der Waals surface area contributed by atoms with Gasteiger partial charge in [-0.2, -0.15) is 0 Å². The molecule has 0 spiro atoms. The number of aromatic hydroxyl groups is 1. The molecule has 0 aliphatic rings. The van der Waals surface area contributed by atoms with Crippen molar-refractivity contribution in [3.05, 3.63) is 71.3 Å². The van der Waals surface area contributed by atoms with Crippen molar-refractivity contribution >= 4 is 23.6 Å². The van der Waals surface area contributed by atoms with E-state index >= 15 is 0 Å². The van der Waals surface area contributed by atoms with Gasteiger partial charge in [-0.3, -0.25) is 9.59 Å². The second-order valence-electron chi connectivity index (χ2n) is 9.39. The number of amides is 3. The smallest absolute Gasteiger partial charge is 0.408 e. The van der Waals surface area contributed by atoms with Gasteiger partial charge in [0, 0.05) is 12.2 Å². The third-order valence-corrected chi connectivity index (χ3v) is 5.25. The Bertz CT molecular complexity index is 1080. The molecule has 0 radical (unpaired) electrons. The number of phenols is 1. The number of rotatable bonds is 8. The van der Waals surface area contributed by atoms with Crippen LogP contribution in [0.1, 0.15) is 49.1 Å². The van der Waals surface area contributed by atoms with Gasteiger partial charge in [-0.05, 0) is 75.9 Å². The molecule has 1 atom stereocenters. The zero-order valence-corrected chi connectivity index (χ0v) is 21.3. The number of carbonyl (C=O) groups excluding carboxylic acids is 3. The van der Waals surface area contributed by atoms with Gasteiger partial charge in [0.15, 0.2) is 0 Å². The summed E-state index contributed by atoms with van der Waals surface area (Å²) in [5, 5.41) is 15.4. The van der Waals surface area contributed by atoms with Crippen LogP contribution in [0, 0.1) is 20.8 Å². The summed E-state index contributed by atoms with van der Waals surface area (Å²) in [5.74, 6) is -0.848. The van der Waals surface area contributed by atoms with Gasteiger partial charge >= 0.3 is 6.09 Å². The van der Waals surface area contributed by atoms with Crippen molar-refractivity contribution in [2.24, 2.45) is 0 Å². The van der Waals surface area contributed by atoms with E-state index in [4.69, 9.17) is 4.74 Å². The number of ether oxygens (including phenoxy) is 1. The lowest BCUT2D eigenvalue weighted by atomic mass is 10.00. The summed E-state index contributed by atoms with van der Waals surface area (Å²) in [6, 6.07) is 9.38. The SMILES string of the molecule is C=CCN(C(=O)CNC(=O)OC(C)(C)C)C(C(=O)Nc1c(C)cccc1C)c1ccc(O)c(C)c1. The van der Waals surface area contributed by atoms with Crippen LogP contribution in [0.15, 0.2) is 49.1 Å². The van der Waals surface area contributed by atoms with Crippen LogP contribution in [0.25, 0.3) is 0 Å². The summed E-state index contributed by atoms with van der Waals surface area (Å²) < 4.78 is 5.21. The third-order valence-electron chi connectivity index (χ3n) is 5.25. The lowest BCUT2D eigenvalue weighted by Crippen LogP contribution is -2.46. The minimum absolute atomic E-state index is 0.0552. The Morgan fingerprint density at radius 1 is 1.09 bits per heavy atom. The molecule has 0 aliphatic heterocycles. The first-order valence-corrected chi connectivity index (χ1v) is 11.4. The molecular formula is C27H35N3O5. The van der Waals surface area contributed by atoms with Crippen LogP contribution in [-0.2, 0) is 14.3 Å². The number of nitrogens with zero attached hydrogens (tertiary/aromatic N) is 1. The summed E-state index contributed by atoms with van der Waals surface area (Å²) in [5.41, 5.74) is 2.78. The zero-order valence-electron chi connectivity index (χ0n) is 21.3. The topological polar surface area (TPSA) is 108 Å². The van der Waals surface area contributed by atoms with Crippen LogP contribution in [0.2, 0.25) is 0 Å². The van der Waals surface area contributed by atoms with E-state index in [1.54, 1.807) is 39.8 Å². The van der Waals surface area contributed by atoms with Crippen molar-refractivity contribution in [2.45, 2.75) is 53.2 Å². The standard InChI is InChI=1S/C27H35N3O5/c1-8-14-30(22(32)16-28-26(34)35-27(5,6)7)24(20-12-13-21(31)19(4)15-20)25(33)29-23-17(2)10-9-11-18(23)3/h8-13,15,24,31H,1,14,16H2,2-7H3,(H,28,34)(H,29,33). The van der Waals surface area contributed by atoms with Crippen molar-refractivity contribution in [3.63, 3.8) is 0 Å². The number of anilines is 1. The molecule has 8 heteroatoms. The molecule has 3 amide bonds. The molecular weight excluding hydrogens is 446 g/mol. The van der Waals surface area contributed by atoms with Gasteiger partial charge in [0.2, 0.25) is 5.91 Å². The summed E-state index contributed by atoms with van der Waals surface area (Å²) >= 11 is 0. The lowest BCUT2D eigenvalue weighted by molar-refractivity contribution is -0.137. The number of benzene rings is 2. The molecule has 2 aromatic carbocycles. The van der Waals surface area contributed by atoms with Crippen LogP contribution >= 0.6 is 0 Å². The van der Waals surface area contributed by atoms with E-state index in [0.717, 1.165) is 11.1 Å². The molecule has 2 rings (SSSR count). The molecule has 0 saturated heterocycles. The Labute approximate surface area is 207 Å². The average molecular weight is 482 g/mol. The number of hydrogen-bond acceptors (Lipinski definition) is 5. The first-order valence-electron chi connectivity index (χ1n) is 11.4. The highest BCUT2D eigenvalue weighted by Crippen LogP contribution is 2.29. The molecule has 0 aromatic heterocycles. The second kappa shape index (κ2) is 11.6. The van der Waals surface area contributed by atoms with Crippen LogP contribution in [0.5, 0.6) is 5.75 Å². The highest BCUT2D eigenvalue weighted by molar-refractivity contribution is 5.99. The first kappa shape index (κ1) is 27.4. The minimum Gasteiger partial charge on any atom is -0.508 e. The Balaban J connectivity index is 2.42. The van der Waals surface area contributed by atoms with Crippen LogP contribution < -0.4 is 10.6 Å². The lowest BCUT2D eigenvalue weighted by Gasteiger charge is -2.31. The predicted molar refractivity (Wildman–Crippen MR) is 136 cm³/mol. The molecule has 0 fully saturated rings. The fraction of sp³-hybridized carbons (Fsp3) is 0.370. The molecule has 0 aliphatic carbocycles. The minimum atomic E-state index is -1.04. The third kappa shape index (κ3) is 7.60. The van der Waals surface area contributed by atoms with Gasteiger partial charge in [0.05, 0.1) is 0 Å². The van der Waals surface area contributed by atoms with E-state index < -0.39 is 29.6 Å². The number of alkyl carbamates (subject to hydrolysis) is 1.